The number of likely N-dealkylation sites (N-methyl/N-ethyl adjacent to an activating group) is 1. The zero-order valence-corrected chi connectivity index (χ0v) is 15.1. The minimum Gasteiger partial charge on any atom is -0.374 e. The highest BCUT2D eigenvalue weighted by Crippen LogP contribution is 2.36. The van der Waals surface area contributed by atoms with Gasteiger partial charge in [0.05, 0.1) is 0 Å². The molecule has 24 heavy (non-hydrogen) atoms. The lowest BCUT2D eigenvalue weighted by atomic mass is 9.86. The molecular weight excluding hydrogens is 300 g/mol. The summed E-state index contributed by atoms with van der Waals surface area (Å²) in [6.45, 7) is 0.938. The molecule has 0 aromatic heterocycles. The van der Waals surface area contributed by atoms with Crippen LogP contribution in [0.2, 0.25) is 0 Å². The molecular formula is C20H34N2O2. The highest BCUT2D eigenvalue weighted by molar-refractivity contribution is 5.37. The van der Waals surface area contributed by atoms with Gasteiger partial charge in [-0.15, -0.1) is 0 Å². The van der Waals surface area contributed by atoms with Crippen LogP contribution in [0.25, 0.3) is 0 Å². The van der Waals surface area contributed by atoms with Gasteiger partial charge in [-0.3, -0.25) is 5.32 Å². The minimum atomic E-state index is -0.770. The van der Waals surface area contributed by atoms with E-state index in [2.05, 4.69) is 16.3 Å². The van der Waals surface area contributed by atoms with E-state index in [9.17, 15) is 10.2 Å². The van der Waals surface area contributed by atoms with Gasteiger partial charge in [0.15, 0.2) is 6.23 Å². The first kappa shape index (κ1) is 18.0. The molecule has 0 spiro atoms. The molecule has 4 heteroatoms. The Morgan fingerprint density at radius 1 is 1.08 bits per heavy atom. The van der Waals surface area contributed by atoms with Crippen molar-refractivity contribution in [2.75, 3.05) is 13.6 Å². The third kappa shape index (κ3) is 4.04. The van der Waals surface area contributed by atoms with Crippen molar-refractivity contribution in [2.45, 2.75) is 83.1 Å². The van der Waals surface area contributed by atoms with Gasteiger partial charge in [-0.25, -0.2) is 0 Å². The van der Waals surface area contributed by atoms with Crippen LogP contribution in [0.15, 0.2) is 22.9 Å². The van der Waals surface area contributed by atoms with E-state index in [1.54, 1.807) is 7.05 Å². The van der Waals surface area contributed by atoms with Crippen molar-refractivity contribution in [3.8, 4) is 0 Å². The van der Waals surface area contributed by atoms with Gasteiger partial charge in [-0.2, -0.15) is 0 Å². The number of nitrogens with one attached hydrogen (secondary N) is 1. The molecule has 3 rings (SSSR count). The Morgan fingerprint density at radius 2 is 1.75 bits per heavy atom. The topological polar surface area (TPSA) is 55.7 Å². The summed E-state index contributed by atoms with van der Waals surface area (Å²) in [7, 11) is 1.74. The Morgan fingerprint density at radius 3 is 2.46 bits per heavy atom. The van der Waals surface area contributed by atoms with Crippen molar-refractivity contribution in [3.05, 3.63) is 22.9 Å². The Kier molecular flexibility index (Phi) is 6.37. The first-order valence-corrected chi connectivity index (χ1v) is 9.94. The van der Waals surface area contributed by atoms with Crippen molar-refractivity contribution >= 4 is 0 Å². The van der Waals surface area contributed by atoms with Gasteiger partial charge >= 0.3 is 0 Å². The maximum atomic E-state index is 11.0. The van der Waals surface area contributed by atoms with Crippen LogP contribution in [0.1, 0.15) is 70.6 Å². The predicted octanol–water partition coefficient (Wildman–Crippen LogP) is 3.27. The Hall–Kier alpha value is -0.840. The molecule has 0 saturated heterocycles. The normalized spacial score (nSPS) is 28.0. The summed E-state index contributed by atoms with van der Waals surface area (Å²) in [5.74, 6) is 0.679. The van der Waals surface area contributed by atoms with E-state index >= 15 is 0 Å². The number of hydrogen-bond acceptors (Lipinski definition) is 4. The molecule has 1 fully saturated rings. The zero-order valence-electron chi connectivity index (χ0n) is 15.1. The van der Waals surface area contributed by atoms with Crippen molar-refractivity contribution in [2.24, 2.45) is 5.92 Å². The van der Waals surface area contributed by atoms with Crippen LogP contribution in [0.4, 0.5) is 0 Å². The van der Waals surface area contributed by atoms with Crippen LogP contribution in [-0.2, 0) is 0 Å². The lowest BCUT2D eigenvalue weighted by molar-refractivity contribution is 0.0134. The van der Waals surface area contributed by atoms with Gasteiger partial charge in [-0.1, -0.05) is 32.1 Å². The largest absolute Gasteiger partial charge is 0.374 e. The van der Waals surface area contributed by atoms with Crippen molar-refractivity contribution in [3.63, 3.8) is 0 Å². The summed E-state index contributed by atoms with van der Waals surface area (Å²) < 4.78 is 0. The summed E-state index contributed by atoms with van der Waals surface area (Å²) in [6, 6.07) is 0. The van der Waals surface area contributed by atoms with E-state index in [-0.39, 0.29) is 0 Å². The van der Waals surface area contributed by atoms with Crippen LogP contribution in [-0.4, -0.2) is 41.2 Å². The van der Waals surface area contributed by atoms with E-state index in [1.807, 2.05) is 0 Å². The van der Waals surface area contributed by atoms with Crippen LogP contribution >= 0.6 is 0 Å². The fraction of sp³-hybridized carbons (Fsp3) is 0.800. The van der Waals surface area contributed by atoms with E-state index in [0.717, 1.165) is 19.4 Å². The molecule has 0 aromatic carbocycles. The molecule has 1 heterocycles. The Balaban J connectivity index is 1.86. The van der Waals surface area contributed by atoms with Crippen LogP contribution in [0.5, 0.6) is 0 Å². The Bertz CT molecular complexity index is 480. The summed E-state index contributed by atoms with van der Waals surface area (Å²) in [4.78, 5) is 2.23. The highest BCUT2D eigenvalue weighted by atomic mass is 16.3. The summed E-state index contributed by atoms with van der Waals surface area (Å²) in [5, 5.41) is 24.2. The third-order valence-electron chi connectivity index (χ3n) is 6.03. The Labute approximate surface area is 146 Å². The summed E-state index contributed by atoms with van der Waals surface area (Å²) in [5.41, 5.74) is 3.41. The maximum Gasteiger partial charge on any atom is 0.153 e. The number of hydrogen-bond donors (Lipinski definition) is 3. The molecule has 2 atom stereocenters. The van der Waals surface area contributed by atoms with Crippen LogP contribution in [0, 0.1) is 5.92 Å². The van der Waals surface area contributed by atoms with Gasteiger partial charge < -0.3 is 15.1 Å². The van der Waals surface area contributed by atoms with Gasteiger partial charge in [0.1, 0.15) is 6.23 Å². The average Bonchev–Trinajstić information content (AvgIpc) is 2.59. The van der Waals surface area contributed by atoms with Crippen LogP contribution in [0.3, 0.4) is 0 Å². The molecule has 1 saturated carbocycles. The van der Waals surface area contributed by atoms with Crippen molar-refractivity contribution < 1.29 is 10.2 Å². The lowest BCUT2D eigenvalue weighted by Gasteiger charge is -2.42. The number of rotatable bonds is 4. The second-order valence-electron chi connectivity index (χ2n) is 7.75. The summed E-state index contributed by atoms with van der Waals surface area (Å²) in [6.07, 6.45) is 14.3. The number of aliphatic hydroxyl groups excluding tert-OH is 2. The van der Waals surface area contributed by atoms with Gasteiger partial charge in [0.2, 0.25) is 0 Å². The van der Waals surface area contributed by atoms with Gasteiger partial charge in [0, 0.05) is 17.8 Å². The fourth-order valence-corrected chi connectivity index (χ4v) is 4.60. The maximum absolute atomic E-state index is 11.0. The monoisotopic (exact) mass is 334 g/mol. The molecule has 3 aliphatic rings. The molecule has 2 unspecified atom stereocenters. The molecule has 0 bridgehead atoms. The number of nitrogens with zero attached hydrogens (tertiary/aromatic N) is 1. The van der Waals surface area contributed by atoms with E-state index in [1.165, 1.54) is 69.1 Å². The molecule has 3 N–H and O–H groups in total. The van der Waals surface area contributed by atoms with Crippen LogP contribution < -0.4 is 5.32 Å². The highest BCUT2D eigenvalue weighted by Gasteiger charge is 2.33. The quantitative estimate of drug-likeness (QED) is 0.691. The first-order chi connectivity index (χ1) is 11.7. The number of aliphatic hydroxyl groups is 2. The van der Waals surface area contributed by atoms with Crippen molar-refractivity contribution in [1.82, 2.24) is 10.2 Å². The van der Waals surface area contributed by atoms with Crippen molar-refractivity contribution in [1.29, 1.82) is 0 Å². The fourth-order valence-electron chi connectivity index (χ4n) is 4.60. The molecule has 2 aliphatic carbocycles. The molecule has 1 aliphatic heterocycles. The standard InChI is InChI=1S/C20H34N2O2/c1-21-19(23)17-13-16-11-7-2-3-8-12-18(16)22(20(17)24)14-15-9-5-4-6-10-15/h13,15,19-21,23-24H,2-12,14H2,1H3. The summed E-state index contributed by atoms with van der Waals surface area (Å²) >= 11 is 0. The minimum absolute atomic E-state index is 0.679. The average molecular weight is 335 g/mol. The van der Waals surface area contributed by atoms with E-state index in [4.69, 9.17) is 0 Å². The molecule has 0 amide bonds. The molecule has 136 valence electrons. The zero-order chi connectivity index (χ0) is 16.9. The predicted molar refractivity (Wildman–Crippen MR) is 97.2 cm³/mol. The third-order valence-corrected chi connectivity index (χ3v) is 6.03. The lowest BCUT2D eigenvalue weighted by Crippen LogP contribution is -2.47. The smallest absolute Gasteiger partial charge is 0.153 e. The van der Waals surface area contributed by atoms with E-state index < -0.39 is 12.5 Å². The SMILES string of the molecule is CNC(O)C1=CC2=C(CCCCCC2)N(CC2CCCCC2)C1O. The molecule has 0 aromatic rings. The second kappa shape index (κ2) is 8.50. The van der Waals surface area contributed by atoms with Gasteiger partial charge in [0.25, 0.3) is 0 Å². The molecule has 4 nitrogen and oxygen atoms in total. The molecule has 0 radical (unpaired) electrons. The van der Waals surface area contributed by atoms with E-state index in [0.29, 0.717) is 11.5 Å². The number of allylic oxidation sites excluding steroid dienone is 3. The van der Waals surface area contributed by atoms with Gasteiger partial charge in [-0.05, 0) is 63.1 Å². The second-order valence-corrected chi connectivity index (χ2v) is 7.75. The first-order valence-electron chi connectivity index (χ1n) is 9.94.